The predicted molar refractivity (Wildman–Crippen MR) is 47.5 cm³/mol. The molecule has 1 N–H and O–H groups in total. The molecule has 0 radical (unpaired) electrons. The van der Waals surface area contributed by atoms with Crippen LogP contribution in [0.4, 0.5) is 0 Å². The first-order valence-electron chi connectivity index (χ1n) is 3.35. The SMILES string of the molecule is O=N[O-].[Na+].c1ccc2[nH]ccc2c1. The predicted octanol–water partition coefficient (Wildman–Crippen LogP) is -0.577. The first-order valence-corrected chi connectivity index (χ1v) is 3.35. The number of aromatic nitrogens is 1. The van der Waals surface area contributed by atoms with E-state index in [4.69, 9.17) is 10.1 Å². The normalized spacial score (nSPS) is 8.00. The summed E-state index contributed by atoms with van der Waals surface area (Å²) in [6.07, 6.45) is 1.95. The molecule has 0 unspecified atom stereocenters. The van der Waals surface area contributed by atoms with E-state index in [-0.39, 0.29) is 29.6 Å². The van der Waals surface area contributed by atoms with Gasteiger partial charge in [0.1, 0.15) is 0 Å². The summed E-state index contributed by atoms with van der Waals surface area (Å²) < 4.78 is 0. The molecule has 2 aromatic rings. The summed E-state index contributed by atoms with van der Waals surface area (Å²) in [5, 5.41) is 10.3. The van der Waals surface area contributed by atoms with E-state index in [1.807, 2.05) is 18.3 Å². The van der Waals surface area contributed by atoms with Crippen molar-refractivity contribution in [3.05, 3.63) is 46.6 Å². The van der Waals surface area contributed by atoms with Crippen LogP contribution in [0.15, 0.2) is 41.9 Å². The Kier molecular flexibility index (Phi) is 6.22. The minimum Gasteiger partial charge on any atom is -0.444 e. The van der Waals surface area contributed by atoms with Crippen LogP contribution in [-0.4, -0.2) is 4.98 Å². The number of hydrogen-bond acceptors (Lipinski definition) is 3. The molecule has 1 aromatic heterocycles. The van der Waals surface area contributed by atoms with E-state index in [9.17, 15) is 0 Å². The molecule has 0 aliphatic rings. The van der Waals surface area contributed by atoms with Gasteiger partial charge in [0.2, 0.25) is 0 Å². The monoisotopic (exact) mass is 186 g/mol. The molecule has 0 amide bonds. The standard InChI is InChI=1S/C8H7N.HNO2.Na/c1-2-4-8-7(3-1)5-6-9-8;2-1-3;/h1-6,9H;(H,2,3);/q;;+1/p-1. The Bertz CT molecular complexity index is 331. The maximum absolute atomic E-state index is 8.00. The Morgan fingerprint density at radius 2 is 1.85 bits per heavy atom. The second-order valence-corrected chi connectivity index (χ2v) is 2.14. The molecule has 0 saturated heterocycles. The van der Waals surface area contributed by atoms with Gasteiger partial charge in [0.05, 0.1) is 0 Å². The molecule has 13 heavy (non-hydrogen) atoms. The third kappa shape index (κ3) is 3.59. The zero-order chi connectivity index (χ0) is 8.81. The molecule has 0 saturated carbocycles. The van der Waals surface area contributed by atoms with Gasteiger partial charge in [-0.15, -0.1) is 5.34 Å². The number of fused-ring (bicyclic) bond motifs is 1. The van der Waals surface area contributed by atoms with Crippen LogP contribution in [-0.2, 0) is 0 Å². The maximum Gasteiger partial charge on any atom is 1.00 e. The molecule has 0 spiro atoms. The Balaban J connectivity index is 0.000000324. The minimum absolute atomic E-state index is 0. The molecule has 5 heteroatoms. The summed E-state index contributed by atoms with van der Waals surface area (Å²) in [7, 11) is 0. The molecule has 2 rings (SSSR count). The van der Waals surface area contributed by atoms with E-state index in [0.29, 0.717) is 0 Å². The quantitative estimate of drug-likeness (QED) is 0.340. The fourth-order valence-electron chi connectivity index (χ4n) is 0.995. The fourth-order valence-corrected chi connectivity index (χ4v) is 0.995. The average molecular weight is 186 g/mol. The zero-order valence-corrected chi connectivity index (χ0v) is 9.23. The second-order valence-electron chi connectivity index (χ2n) is 2.14. The Hall–Kier alpha value is -0.840. The molecule has 0 aliphatic heterocycles. The van der Waals surface area contributed by atoms with Gasteiger partial charge in [-0.1, -0.05) is 18.2 Å². The Labute approximate surface area is 97.2 Å². The van der Waals surface area contributed by atoms with Gasteiger partial charge in [0, 0.05) is 11.7 Å². The molecular formula is C8H7N2NaO2. The first kappa shape index (κ1) is 12.2. The van der Waals surface area contributed by atoms with Gasteiger partial charge in [-0.2, -0.15) is 0 Å². The number of hydrogen-bond donors (Lipinski definition) is 1. The van der Waals surface area contributed by atoms with Crippen molar-refractivity contribution in [3.8, 4) is 0 Å². The van der Waals surface area contributed by atoms with Crippen molar-refractivity contribution in [1.82, 2.24) is 4.98 Å². The van der Waals surface area contributed by atoms with Gasteiger partial charge < -0.3 is 15.1 Å². The van der Waals surface area contributed by atoms with Crippen LogP contribution in [0.2, 0.25) is 0 Å². The maximum atomic E-state index is 8.00. The Morgan fingerprint density at radius 1 is 1.23 bits per heavy atom. The second kappa shape index (κ2) is 6.65. The number of para-hydroxylation sites is 1. The van der Waals surface area contributed by atoms with Crippen molar-refractivity contribution in [2.24, 2.45) is 5.34 Å². The number of H-pyrrole nitrogens is 1. The summed E-state index contributed by atoms with van der Waals surface area (Å²) in [4.78, 5) is 11.1. The van der Waals surface area contributed by atoms with Crippen molar-refractivity contribution >= 4 is 10.9 Å². The van der Waals surface area contributed by atoms with Crippen molar-refractivity contribution in [2.45, 2.75) is 0 Å². The summed E-state index contributed by atoms with van der Waals surface area (Å²) in [5.74, 6) is 0. The first-order chi connectivity index (χ1) is 5.88. The van der Waals surface area contributed by atoms with E-state index in [1.54, 1.807) is 0 Å². The molecule has 1 heterocycles. The summed E-state index contributed by atoms with van der Waals surface area (Å²) in [5.41, 5.74) is 1.21. The van der Waals surface area contributed by atoms with E-state index in [1.165, 1.54) is 10.9 Å². The van der Waals surface area contributed by atoms with Crippen LogP contribution in [0, 0.1) is 10.1 Å². The zero-order valence-electron chi connectivity index (χ0n) is 7.23. The third-order valence-corrected chi connectivity index (χ3v) is 1.46. The average Bonchev–Trinajstić information content (AvgIpc) is 2.52. The van der Waals surface area contributed by atoms with Gasteiger partial charge in [-0.3, -0.25) is 0 Å². The number of rotatable bonds is 0. The van der Waals surface area contributed by atoms with Crippen LogP contribution in [0.3, 0.4) is 0 Å². The summed E-state index contributed by atoms with van der Waals surface area (Å²) >= 11 is 0. The van der Waals surface area contributed by atoms with Crippen molar-refractivity contribution in [2.75, 3.05) is 0 Å². The summed E-state index contributed by atoms with van der Waals surface area (Å²) in [6.45, 7) is 0. The minimum atomic E-state index is 0. The van der Waals surface area contributed by atoms with Crippen LogP contribution in [0.25, 0.3) is 10.9 Å². The number of nitrogens with one attached hydrogen (secondary N) is 1. The van der Waals surface area contributed by atoms with Crippen LogP contribution in [0.5, 0.6) is 0 Å². The topological polar surface area (TPSA) is 68.3 Å². The molecule has 4 nitrogen and oxygen atoms in total. The summed E-state index contributed by atoms with van der Waals surface area (Å²) in [6, 6.07) is 10.3. The van der Waals surface area contributed by atoms with Gasteiger partial charge in [0.15, 0.2) is 0 Å². The largest absolute Gasteiger partial charge is 1.00 e. The number of aromatic amines is 1. The molecule has 0 fully saturated rings. The molecule has 1 aromatic carbocycles. The molecule has 0 aliphatic carbocycles. The van der Waals surface area contributed by atoms with E-state index < -0.39 is 0 Å². The van der Waals surface area contributed by atoms with Crippen molar-refractivity contribution in [3.63, 3.8) is 0 Å². The van der Waals surface area contributed by atoms with Gasteiger partial charge in [-0.25, -0.2) is 0 Å². The van der Waals surface area contributed by atoms with Crippen LogP contribution >= 0.6 is 0 Å². The van der Waals surface area contributed by atoms with E-state index in [2.05, 4.69) is 23.2 Å². The molecular weight excluding hydrogens is 179 g/mol. The number of nitrogens with zero attached hydrogens (tertiary/aromatic N) is 1. The van der Waals surface area contributed by atoms with E-state index in [0.717, 1.165) is 5.34 Å². The van der Waals surface area contributed by atoms with Crippen LogP contribution < -0.4 is 29.6 Å². The Morgan fingerprint density at radius 3 is 2.46 bits per heavy atom. The van der Waals surface area contributed by atoms with Gasteiger partial charge in [-0.05, 0) is 17.5 Å². The van der Waals surface area contributed by atoms with Crippen molar-refractivity contribution < 1.29 is 29.6 Å². The van der Waals surface area contributed by atoms with Crippen LogP contribution in [0.1, 0.15) is 0 Å². The molecule has 0 bridgehead atoms. The van der Waals surface area contributed by atoms with Gasteiger partial charge in [0.25, 0.3) is 0 Å². The third-order valence-electron chi connectivity index (χ3n) is 1.46. The fraction of sp³-hybridized carbons (Fsp3) is 0. The molecule has 62 valence electrons. The molecule has 0 atom stereocenters. The smallest absolute Gasteiger partial charge is 0.444 e. The number of benzene rings is 1. The van der Waals surface area contributed by atoms with Crippen molar-refractivity contribution in [1.29, 1.82) is 0 Å². The van der Waals surface area contributed by atoms with E-state index >= 15 is 0 Å². The van der Waals surface area contributed by atoms with Gasteiger partial charge >= 0.3 is 29.6 Å².